The van der Waals surface area contributed by atoms with Gasteiger partial charge in [-0.3, -0.25) is 4.79 Å². The van der Waals surface area contributed by atoms with Gasteiger partial charge in [-0.25, -0.2) is 9.69 Å². The van der Waals surface area contributed by atoms with Gasteiger partial charge in [0.25, 0.3) is 5.91 Å². The van der Waals surface area contributed by atoms with Crippen LogP contribution in [-0.2, 0) is 11.2 Å². The van der Waals surface area contributed by atoms with Crippen LogP contribution in [0.1, 0.15) is 12.5 Å². The van der Waals surface area contributed by atoms with E-state index in [2.05, 4.69) is 16.8 Å². The number of carbonyl (C=O) groups excluding carboxylic acids is 2. The maximum absolute atomic E-state index is 13.1. The van der Waals surface area contributed by atoms with Gasteiger partial charge in [0.15, 0.2) is 0 Å². The summed E-state index contributed by atoms with van der Waals surface area (Å²) in [5.41, 5.74) is 2.55. The molecule has 1 fully saturated rings. The van der Waals surface area contributed by atoms with Crippen molar-refractivity contribution in [3.63, 3.8) is 0 Å². The molecular formula is C21H16Cl2N2O2S. The molecule has 2 heterocycles. The van der Waals surface area contributed by atoms with Crippen LogP contribution in [0.2, 0.25) is 10.0 Å². The zero-order valence-corrected chi connectivity index (χ0v) is 17.2. The van der Waals surface area contributed by atoms with E-state index in [1.165, 1.54) is 0 Å². The molecular weight excluding hydrogens is 415 g/mol. The fraction of sp³-hybridized carbons (Fsp3) is 0.143. The third-order valence-electron chi connectivity index (χ3n) is 4.73. The Bertz CT molecular complexity index is 1030. The summed E-state index contributed by atoms with van der Waals surface area (Å²) in [7, 11) is 0. The molecule has 1 unspecified atom stereocenters. The molecule has 1 N–H and O–H groups in total. The van der Waals surface area contributed by atoms with E-state index in [1.807, 2.05) is 29.6 Å². The fourth-order valence-corrected chi connectivity index (χ4v) is 4.54. The number of halogens is 2. The van der Waals surface area contributed by atoms with Gasteiger partial charge in [0.2, 0.25) is 0 Å². The number of benzene rings is 2. The molecule has 0 radical (unpaired) electrons. The van der Waals surface area contributed by atoms with Crippen LogP contribution in [0.4, 0.5) is 10.5 Å². The monoisotopic (exact) mass is 430 g/mol. The largest absolute Gasteiger partial charge is 0.329 e. The van der Waals surface area contributed by atoms with Crippen molar-refractivity contribution < 1.29 is 9.59 Å². The number of urea groups is 1. The third kappa shape index (κ3) is 3.53. The van der Waals surface area contributed by atoms with Gasteiger partial charge >= 0.3 is 6.03 Å². The number of anilines is 1. The second kappa shape index (κ2) is 7.24. The van der Waals surface area contributed by atoms with Crippen molar-refractivity contribution in [1.82, 2.24) is 5.32 Å². The molecule has 2 aromatic carbocycles. The molecule has 1 aromatic heterocycles. The second-order valence-corrected chi connectivity index (χ2v) is 8.57. The summed E-state index contributed by atoms with van der Waals surface area (Å²) in [6.07, 6.45) is 0.381. The average molecular weight is 431 g/mol. The predicted molar refractivity (Wildman–Crippen MR) is 114 cm³/mol. The standard InChI is InChI=1S/C21H16Cl2N2O2S/c1-21(11-13-2-4-14(5-3-13)15-6-7-28-12-15)19(26)25(20(27)24-21)18-9-16(22)8-17(23)10-18/h2-10,12H,11H2,1H3,(H,24,27). The molecule has 0 aliphatic carbocycles. The van der Waals surface area contributed by atoms with Gasteiger partial charge in [0.05, 0.1) is 5.69 Å². The zero-order valence-electron chi connectivity index (χ0n) is 14.9. The summed E-state index contributed by atoms with van der Waals surface area (Å²) in [5.74, 6) is -0.335. The van der Waals surface area contributed by atoms with Crippen LogP contribution in [0.3, 0.4) is 0 Å². The van der Waals surface area contributed by atoms with Crippen LogP contribution in [0.15, 0.2) is 59.3 Å². The molecule has 3 aromatic rings. The highest BCUT2D eigenvalue weighted by atomic mass is 35.5. The van der Waals surface area contributed by atoms with E-state index in [4.69, 9.17) is 23.2 Å². The molecule has 1 atom stereocenters. The van der Waals surface area contributed by atoms with E-state index in [1.54, 1.807) is 36.5 Å². The molecule has 28 heavy (non-hydrogen) atoms. The van der Waals surface area contributed by atoms with Crippen molar-refractivity contribution in [3.05, 3.63) is 74.9 Å². The van der Waals surface area contributed by atoms with Crippen molar-refractivity contribution in [2.24, 2.45) is 0 Å². The van der Waals surface area contributed by atoms with Crippen LogP contribution in [0.25, 0.3) is 11.1 Å². The Kier molecular flexibility index (Phi) is 4.91. The van der Waals surface area contributed by atoms with E-state index in [-0.39, 0.29) is 5.91 Å². The van der Waals surface area contributed by atoms with Gasteiger partial charge in [-0.1, -0.05) is 47.5 Å². The highest BCUT2D eigenvalue weighted by Gasteiger charge is 2.48. The Balaban J connectivity index is 1.58. The first-order valence-electron chi connectivity index (χ1n) is 8.60. The smallest absolute Gasteiger partial charge is 0.323 e. The Morgan fingerprint density at radius 2 is 1.68 bits per heavy atom. The summed E-state index contributed by atoms with van der Waals surface area (Å²) in [4.78, 5) is 26.7. The van der Waals surface area contributed by atoms with Crippen molar-refractivity contribution in [3.8, 4) is 11.1 Å². The molecule has 7 heteroatoms. The Morgan fingerprint density at radius 3 is 2.29 bits per heavy atom. The molecule has 3 amide bonds. The maximum atomic E-state index is 13.1. The lowest BCUT2D eigenvalue weighted by molar-refractivity contribution is -0.121. The zero-order chi connectivity index (χ0) is 19.9. The number of carbonyl (C=O) groups is 2. The molecule has 0 spiro atoms. The van der Waals surface area contributed by atoms with Crippen LogP contribution in [0.5, 0.6) is 0 Å². The number of nitrogens with zero attached hydrogens (tertiary/aromatic N) is 1. The molecule has 0 saturated carbocycles. The van der Waals surface area contributed by atoms with Crippen LogP contribution >= 0.6 is 34.5 Å². The minimum atomic E-state index is -1.05. The summed E-state index contributed by atoms with van der Waals surface area (Å²) < 4.78 is 0. The number of thiophene rings is 1. The van der Waals surface area contributed by atoms with Crippen LogP contribution in [0, 0.1) is 0 Å². The average Bonchev–Trinajstić information content (AvgIpc) is 3.22. The summed E-state index contributed by atoms with van der Waals surface area (Å²) >= 11 is 13.7. The highest BCUT2D eigenvalue weighted by Crippen LogP contribution is 2.32. The van der Waals surface area contributed by atoms with E-state index in [9.17, 15) is 9.59 Å². The van der Waals surface area contributed by atoms with Crippen molar-refractivity contribution in [2.45, 2.75) is 18.9 Å². The van der Waals surface area contributed by atoms with Gasteiger partial charge in [0.1, 0.15) is 5.54 Å². The Labute approximate surface area is 176 Å². The number of hydrogen-bond donors (Lipinski definition) is 1. The quantitative estimate of drug-likeness (QED) is 0.533. The molecule has 1 aliphatic heterocycles. The molecule has 4 nitrogen and oxygen atoms in total. The lowest BCUT2D eigenvalue weighted by atomic mass is 9.92. The van der Waals surface area contributed by atoms with Crippen LogP contribution in [-0.4, -0.2) is 17.5 Å². The van der Waals surface area contributed by atoms with Crippen molar-refractivity contribution >= 4 is 52.2 Å². The third-order valence-corrected chi connectivity index (χ3v) is 5.85. The normalized spacial score (nSPS) is 19.2. The van der Waals surface area contributed by atoms with Gasteiger partial charge in [-0.15, -0.1) is 0 Å². The summed E-state index contributed by atoms with van der Waals surface area (Å²) in [6, 6.07) is 14.2. The van der Waals surface area contributed by atoms with Crippen molar-refractivity contribution in [1.29, 1.82) is 0 Å². The fourth-order valence-electron chi connectivity index (χ4n) is 3.36. The van der Waals surface area contributed by atoms with Gasteiger partial charge < -0.3 is 5.32 Å². The second-order valence-electron chi connectivity index (χ2n) is 6.92. The molecule has 0 bridgehead atoms. The minimum absolute atomic E-state index is 0.335. The first-order chi connectivity index (χ1) is 13.4. The molecule has 142 valence electrons. The highest BCUT2D eigenvalue weighted by molar-refractivity contribution is 7.08. The van der Waals surface area contributed by atoms with E-state index < -0.39 is 11.6 Å². The van der Waals surface area contributed by atoms with Gasteiger partial charge in [0, 0.05) is 16.5 Å². The number of rotatable bonds is 4. The van der Waals surface area contributed by atoms with E-state index >= 15 is 0 Å². The van der Waals surface area contributed by atoms with Gasteiger partial charge in [-0.2, -0.15) is 11.3 Å². The van der Waals surface area contributed by atoms with E-state index in [0.717, 1.165) is 21.6 Å². The van der Waals surface area contributed by atoms with Gasteiger partial charge in [-0.05, 0) is 58.6 Å². The maximum Gasteiger partial charge on any atom is 0.329 e. The number of imide groups is 1. The van der Waals surface area contributed by atoms with Crippen molar-refractivity contribution in [2.75, 3.05) is 4.90 Å². The Hall–Kier alpha value is -2.34. The molecule has 4 rings (SSSR count). The lowest BCUT2D eigenvalue weighted by Gasteiger charge is -2.22. The minimum Gasteiger partial charge on any atom is -0.323 e. The number of nitrogens with one attached hydrogen (secondary N) is 1. The lowest BCUT2D eigenvalue weighted by Crippen LogP contribution is -2.46. The first-order valence-corrected chi connectivity index (χ1v) is 10.3. The SMILES string of the molecule is CC1(Cc2ccc(-c3ccsc3)cc2)NC(=O)N(c2cc(Cl)cc(Cl)c2)C1=O. The predicted octanol–water partition coefficient (Wildman–Crippen LogP) is 5.78. The van der Waals surface area contributed by atoms with E-state index in [0.29, 0.717) is 22.2 Å². The molecule has 1 saturated heterocycles. The Morgan fingerprint density at radius 1 is 1.00 bits per heavy atom. The number of hydrogen-bond acceptors (Lipinski definition) is 3. The summed E-state index contributed by atoms with van der Waals surface area (Å²) in [5, 5.41) is 7.66. The van der Waals surface area contributed by atoms with Crippen LogP contribution < -0.4 is 10.2 Å². The topological polar surface area (TPSA) is 49.4 Å². The summed E-state index contributed by atoms with van der Waals surface area (Å²) in [6.45, 7) is 1.73. The number of amides is 3. The first kappa shape index (κ1) is 19.0. The molecule has 1 aliphatic rings.